The number of benzene rings is 1. The van der Waals surface area contributed by atoms with Gasteiger partial charge in [-0.25, -0.2) is 0 Å². The standard InChI is InChI=1S/C12H11N3OS/c13-4-5-14-12(16)8-15-10-1-2-11-9(7-10)3-6-17-11/h1-3,6-7,15H,5,8H2,(H,14,16). The molecule has 86 valence electrons. The van der Waals surface area contributed by atoms with Crippen molar-refractivity contribution >= 4 is 33.0 Å². The number of anilines is 1. The van der Waals surface area contributed by atoms with Gasteiger partial charge in [0.25, 0.3) is 0 Å². The molecule has 0 saturated carbocycles. The molecule has 0 fully saturated rings. The van der Waals surface area contributed by atoms with Gasteiger partial charge in [-0.1, -0.05) is 0 Å². The van der Waals surface area contributed by atoms with Crippen molar-refractivity contribution in [1.82, 2.24) is 5.32 Å². The number of rotatable bonds is 4. The summed E-state index contributed by atoms with van der Waals surface area (Å²) in [7, 11) is 0. The van der Waals surface area contributed by atoms with E-state index >= 15 is 0 Å². The highest BCUT2D eigenvalue weighted by molar-refractivity contribution is 7.17. The fraction of sp³-hybridized carbons (Fsp3) is 0.167. The second-order valence-electron chi connectivity index (χ2n) is 3.46. The number of thiophene rings is 1. The molecule has 1 aromatic heterocycles. The molecule has 17 heavy (non-hydrogen) atoms. The molecule has 0 bridgehead atoms. The van der Waals surface area contributed by atoms with Crippen LogP contribution >= 0.6 is 11.3 Å². The van der Waals surface area contributed by atoms with Crippen LogP contribution in [-0.2, 0) is 4.79 Å². The van der Waals surface area contributed by atoms with E-state index in [-0.39, 0.29) is 19.0 Å². The molecular weight excluding hydrogens is 234 g/mol. The summed E-state index contributed by atoms with van der Waals surface area (Å²) >= 11 is 1.69. The number of carbonyl (C=O) groups is 1. The van der Waals surface area contributed by atoms with E-state index in [9.17, 15) is 4.79 Å². The lowest BCUT2D eigenvalue weighted by atomic mass is 10.2. The maximum atomic E-state index is 11.3. The molecule has 2 rings (SSSR count). The van der Waals surface area contributed by atoms with E-state index < -0.39 is 0 Å². The lowest BCUT2D eigenvalue weighted by Crippen LogP contribution is -2.29. The van der Waals surface area contributed by atoms with Gasteiger partial charge >= 0.3 is 0 Å². The van der Waals surface area contributed by atoms with Gasteiger partial charge in [0.1, 0.15) is 6.54 Å². The maximum absolute atomic E-state index is 11.3. The minimum Gasteiger partial charge on any atom is -0.376 e. The first-order valence-electron chi connectivity index (χ1n) is 5.14. The largest absolute Gasteiger partial charge is 0.376 e. The van der Waals surface area contributed by atoms with E-state index in [2.05, 4.69) is 10.6 Å². The van der Waals surface area contributed by atoms with E-state index in [0.717, 1.165) is 11.1 Å². The summed E-state index contributed by atoms with van der Waals surface area (Å²) in [6.45, 7) is 0.224. The molecule has 2 N–H and O–H groups in total. The molecule has 0 aliphatic heterocycles. The first kappa shape index (κ1) is 11.4. The number of carbonyl (C=O) groups excluding carboxylic acids is 1. The van der Waals surface area contributed by atoms with Crippen LogP contribution in [0.1, 0.15) is 0 Å². The number of nitrogens with zero attached hydrogens (tertiary/aromatic N) is 1. The Balaban J connectivity index is 1.94. The van der Waals surface area contributed by atoms with E-state index in [1.165, 1.54) is 4.70 Å². The van der Waals surface area contributed by atoms with Crippen molar-refractivity contribution in [2.75, 3.05) is 18.4 Å². The second-order valence-corrected chi connectivity index (χ2v) is 4.41. The van der Waals surface area contributed by atoms with E-state index in [1.54, 1.807) is 11.3 Å². The van der Waals surface area contributed by atoms with Crippen LogP contribution in [0.15, 0.2) is 29.6 Å². The van der Waals surface area contributed by atoms with Crippen LogP contribution in [0.3, 0.4) is 0 Å². The van der Waals surface area contributed by atoms with Crippen molar-refractivity contribution in [2.45, 2.75) is 0 Å². The Morgan fingerprint density at radius 1 is 1.41 bits per heavy atom. The molecule has 5 heteroatoms. The Bertz CT molecular complexity index is 570. The molecule has 1 aromatic carbocycles. The van der Waals surface area contributed by atoms with Gasteiger partial charge in [0.2, 0.25) is 5.91 Å². The van der Waals surface area contributed by atoms with Crippen LogP contribution in [0.5, 0.6) is 0 Å². The van der Waals surface area contributed by atoms with Crippen LogP contribution in [0.4, 0.5) is 5.69 Å². The van der Waals surface area contributed by atoms with Crippen LogP contribution in [0.2, 0.25) is 0 Å². The summed E-state index contributed by atoms with van der Waals surface area (Å²) in [5.41, 5.74) is 0.906. The molecule has 2 aromatic rings. The predicted molar refractivity (Wildman–Crippen MR) is 68.9 cm³/mol. The summed E-state index contributed by atoms with van der Waals surface area (Å²) in [5.74, 6) is -0.183. The number of nitriles is 1. The number of hydrogen-bond acceptors (Lipinski definition) is 4. The number of nitrogens with one attached hydrogen (secondary N) is 2. The highest BCUT2D eigenvalue weighted by atomic mass is 32.1. The average Bonchev–Trinajstić information content (AvgIpc) is 2.81. The number of amides is 1. The van der Waals surface area contributed by atoms with E-state index in [0.29, 0.717) is 0 Å². The molecule has 1 amide bonds. The first-order chi connectivity index (χ1) is 8.29. The SMILES string of the molecule is N#CCNC(=O)CNc1ccc2sccc2c1. The lowest BCUT2D eigenvalue weighted by molar-refractivity contribution is -0.119. The first-order valence-corrected chi connectivity index (χ1v) is 6.02. The average molecular weight is 245 g/mol. The molecule has 4 nitrogen and oxygen atoms in total. The van der Waals surface area contributed by atoms with E-state index in [1.807, 2.05) is 35.7 Å². The molecular formula is C12H11N3OS. The van der Waals surface area contributed by atoms with Crippen molar-refractivity contribution in [1.29, 1.82) is 5.26 Å². The molecule has 0 atom stereocenters. The van der Waals surface area contributed by atoms with Crippen LogP contribution in [0, 0.1) is 11.3 Å². The number of hydrogen-bond donors (Lipinski definition) is 2. The van der Waals surface area contributed by atoms with Gasteiger partial charge in [0.15, 0.2) is 0 Å². The van der Waals surface area contributed by atoms with Crippen molar-refractivity contribution in [2.24, 2.45) is 0 Å². The third-order valence-corrected chi connectivity index (χ3v) is 3.17. The van der Waals surface area contributed by atoms with Gasteiger partial charge in [-0.2, -0.15) is 5.26 Å². The highest BCUT2D eigenvalue weighted by Gasteiger charge is 2.01. The Kier molecular flexibility index (Phi) is 3.58. The van der Waals surface area contributed by atoms with Crippen molar-refractivity contribution < 1.29 is 4.79 Å². The molecule has 0 spiro atoms. The minimum absolute atomic E-state index is 0.0457. The van der Waals surface area contributed by atoms with Crippen LogP contribution < -0.4 is 10.6 Å². The fourth-order valence-corrected chi connectivity index (χ4v) is 2.23. The van der Waals surface area contributed by atoms with Gasteiger partial charge in [0.05, 0.1) is 12.6 Å². The highest BCUT2D eigenvalue weighted by Crippen LogP contribution is 2.23. The van der Waals surface area contributed by atoms with Gasteiger partial charge in [-0.05, 0) is 35.0 Å². The smallest absolute Gasteiger partial charge is 0.240 e. The van der Waals surface area contributed by atoms with Crippen molar-refractivity contribution in [3.05, 3.63) is 29.6 Å². The number of fused-ring (bicyclic) bond motifs is 1. The zero-order valence-electron chi connectivity index (χ0n) is 9.06. The summed E-state index contributed by atoms with van der Waals surface area (Å²) in [5, 5.41) is 17.0. The van der Waals surface area contributed by atoms with Gasteiger partial charge in [-0.15, -0.1) is 11.3 Å². The topological polar surface area (TPSA) is 64.9 Å². The zero-order valence-corrected chi connectivity index (χ0v) is 9.88. The molecule has 1 heterocycles. The zero-order chi connectivity index (χ0) is 12.1. The fourth-order valence-electron chi connectivity index (χ4n) is 1.46. The van der Waals surface area contributed by atoms with Crippen molar-refractivity contribution in [3.8, 4) is 6.07 Å². The Hall–Kier alpha value is -2.06. The third kappa shape index (κ3) is 2.95. The van der Waals surface area contributed by atoms with Gasteiger partial charge in [0, 0.05) is 10.4 Å². The lowest BCUT2D eigenvalue weighted by Gasteiger charge is -2.05. The summed E-state index contributed by atoms with van der Waals surface area (Å²) < 4.78 is 1.23. The summed E-state index contributed by atoms with van der Waals surface area (Å²) in [6.07, 6.45) is 0. The minimum atomic E-state index is -0.183. The Morgan fingerprint density at radius 3 is 3.12 bits per heavy atom. The monoisotopic (exact) mass is 245 g/mol. The third-order valence-electron chi connectivity index (χ3n) is 2.27. The summed E-state index contributed by atoms with van der Waals surface area (Å²) in [6, 6.07) is 9.87. The second kappa shape index (κ2) is 5.32. The molecule has 0 unspecified atom stereocenters. The Labute approximate surface area is 103 Å². The molecule has 0 saturated heterocycles. The predicted octanol–water partition coefficient (Wildman–Crippen LogP) is 1.95. The van der Waals surface area contributed by atoms with Gasteiger partial charge < -0.3 is 10.6 Å². The Morgan fingerprint density at radius 2 is 2.29 bits per heavy atom. The molecule has 0 aliphatic carbocycles. The van der Waals surface area contributed by atoms with Crippen molar-refractivity contribution in [3.63, 3.8) is 0 Å². The normalized spacial score (nSPS) is 9.82. The van der Waals surface area contributed by atoms with E-state index in [4.69, 9.17) is 5.26 Å². The van der Waals surface area contributed by atoms with Crippen LogP contribution in [0.25, 0.3) is 10.1 Å². The maximum Gasteiger partial charge on any atom is 0.240 e. The molecule has 0 radical (unpaired) electrons. The summed E-state index contributed by atoms with van der Waals surface area (Å²) in [4.78, 5) is 11.3. The molecule has 0 aliphatic rings. The van der Waals surface area contributed by atoms with Crippen LogP contribution in [-0.4, -0.2) is 19.0 Å². The van der Waals surface area contributed by atoms with Gasteiger partial charge in [-0.3, -0.25) is 4.79 Å². The quantitative estimate of drug-likeness (QED) is 0.809.